The Labute approximate surface area is 499 Å². The largest absolute Gasteiger partial charge is 0.466 e. The van der Waals surface area contributed by atoms with Crippen LogP contribution in [0.2, 0.25) is 0 Å². The van der Waals surface area contributed by atoms with Crippen LogP contribution >= 0.6 is 0 Å². The number of carbonyl (C=O) groups excluding carboxylic acids is 3. The summed E-state index contributed by atoms with van der Waals surface area (Å²) in [5, 5.41) is 8.89. The molecule has 474 valence electrons. The summed E-state index contributed by atoms with van der Waals surface area (Å²) >= 11 is 0. The van der Waals surface area contributed by atoms with Gasteiger partial charge in [-0.05, 0) is 84.8 Å². The van der Waals surface area contributed by atoms with Crippen LogP contribution in [-0.2, 0) is 39.9 Å². The van der Waals surface area contributed by atoms with Crippen molar-refractivity contribution in [2.24, 2.45) is 0 Å². The van der Waals surface area contributed by atoms with Crippen molar-refractivity contribution in [1.29, 1.82) is 0 Å². The van der Waals surface area contributed by atoms with E-state index in [-0.39, 0.29) is 36.1 Å². The summed E-state index contributed by atoms with van der Waals surface area (Å²) in [4.78, 5) is 44.7. The van der Waals surface area contributed by atoms with E-state index in [2.05, 4.69) is 54.7 Å². The zero-order valence-electron chi connectivity index (χ0n) is 54.4. The molecule has 1 aliphatic heterocycles. The summed E-state index contributed by atoms with van der Waals surface area (Å²) in [6, 6.07) is -0.309. The maximum Gasteiger partial charge on any atom is 0.323 e. The van der Waals surface area contributed by atoms with E-state index >= 15 is 0 Å². The van der Waals surface area contributed by atoms with E-state index in [4.69, 9.17) is 18.9 Å². The predicted octanol–water partition coefficient (Wildman–Crippen LogP) is 19.1. The van der Waals surface area contributed by atoms with Gasteiger partial charge in [-0.3, -0.25) is 19.3 Å². The van der Waals surface area contributed by atoms with Gasteiger partial charge in [0, 0.05) is 38.8 Å². The van der Waals surface area contributed by atoms with Crippen molar-refractivity contribution in [3.8, 4) is 0 Å². The lowest BCUT2D eigenvalue weighted by atomic mass is 9.97. The average molecular weight is 1140 g/mol. The summed E-state index contributed by atoms with van der Waals surface area (Å²) in [5.41, 5.74) is 0.912. The maximum absolute atomic E-state index is 14.1. The molecule has 12 nitrogen and oxygen atoms in total. The zero-order valence-corrected chi connectivity index (χ0v) is 54.4. The molecule has 0 radical (unpaired) electrons. The minimum atomic E-state index is -0.841. The van der Waals surface area contributed by atoms with Gasteiger partial charge in [0.1, 0.15) is 6.04 Å². The fourth-order valence-electron chi connectivity index (χ4n) is 11.9. The number of aromatic nitrogens is 3. The monoisotopic (exact) mass is 1140 g/mol. The fourth-order valence-corrected chi connectivity index (χ4v) is 11.9. The number of hydrogen-bond acceptors (Lipinski definition) is 11. The Morgan fingerprint density at radius 3 is 1.44 bits per heavy atom. The molecular formula is C69H131N5O7. The quantitative estimate of drug-likeness (QED) is 0.0268. The molecule has 1 saturated heterocycles. The Bertz CT molecular complexity index is 1580. The van der Waals surface area contributed by atoms with Crippen LogP contribution in [0.5, 0.6) is 0 Å². The van der Waals surface area contributed by atoms with Gasteiger partial charge in [-0.15, -0.1) is 5.10 Å². The number of unbranched alkanes of at least 4 members (excludes halogenated alkanes) is 34. The van der Waals surface area contributed by atoms with Crippen LogP contribution in [-0.4, -0.2) is 101 Å². The van der Waals surface area contributed by atoms with E-state index in [1.165, 1.54) is 173 Å². The summed E-state index contributed by atoms with van der Waals surface area (Å²) in [7, 11) is 4.05. The first-order chi connectivity index (χ1) is 39.6. The minimum absolute atomic E-state index is 0.0353. The van der Waals surface area contributed by atoms with Crippen LogP contribution in [0.1, 0.15) is 355 Å². The second-order valence-corrected chi connectivity index (χ2v) is 25.1. The number of ether oxygens (including phenoxy) is 4. The molecule has 2 heterocycles. The first-order valence-electron chi connectivity index (χ1n) is 35.1. The van der Waals surface area contributed by atoms with Crippen LogP contribution in [0.3, 0.4) is 0 Å². The fraction of sp³-hybridized carbons (Fsp3) is 0.928. The lowest BCUT2D eigenvalue weighted by Crippen LogP contribution is -2.42. The van der Waals surface area contributed by atoms with E-state index < -0.39 is 5.79 Å². The Kier molecular flexibility index (Phi) is 47.7. The highest BCUT2D eigenvalue weighted by molar-refractivity contribution is 5.76. The maximum atomic E-state index is 14.1. The lowest BCUT2D eigenvalue weighted by Gasteiger charge is -2.37. The highest BCUT2D eigenvalue weighted by Crippen LogP contribution is 2.34. The van der Waals surface area contributed by atoms with Crippen molar-refractivity contribution in [3.63, 3.8) is 0 Å². The molecule has 1 aromatic rings. The van der Waals surface area contributed by atoms with Gasteiger partial charge in [-0.1, -0.05) is 258 Å². The van der Waals surface area contributed by atoms with Crippen molar-refractivity contribution >= 4 is 17.9 Å². The third-order valence-corrected chi connectivity index (χ3v) is 16.9. The average Bonchev–Trinajstić information content (AvgIpc) is 4.22. The predicted molar refractivity (Wildman–Crippen MR) is 337 cm³/mol. The number of hydrogen-bond donors (Lipinski definition) is 0. The molecule has 0 aromatic carbocycles. The molecule has 0 bridgehead atoms. The molecule has 1 fully saturated rings. The summed E-state index contributed by atoms with van der Waals surface area (Å²) < 4.78 is 27.6. The van der Waals surface area contributed by atoms with Gasteiger partial charge < -0.3 is 23.8 Å². The van der Waals surface area contributed by atoms with E-state index in [0.717, 1.165) is 128 Å². The second-order valence-electron chi connectivity index (χ2n) is 25.1. The van der Waals surface area contributed by atoms with Gasteiger partial charge in [0.05, 0.1) is 37.3 Å². The summed E-state index contributed by atoms with van der Waals surface area (Å²) in [5.74, 6) is -1.20. The molecule has 0 N–H and O–H groups in total. The minimum Gasteiger partial charge on any atom is -0.466 e. The van der Waals surface area contributed by atoms with E-state index in [0.29, 0.717) is 45.6 Å². The smallest absolute Gasteiger partial charge is 0.323 e. The molecule has 0 unspecified atom stereocenters. The van der Waals surface area contributed by atoms with Crippen molar-refractivity contribution in [3.05, 3.63) is 11.9 Å². The summed E-state index contributed by atoms with van der Waals surface area (Å²) in [6.07, 6.45) is 55.3. The SMILES string of the molecule is CCCCCCCCCCCOC(=O)CCCCCN1C[C@@H](n2cc(CN(C)C)nn2)C[C@H]1C(=O)OCCCCCCCC(=O)OC(CCCCCCCC)(CCCCCCCC)OC(CCCCCCCC)CCCCCCCC. The summed E-state index contributed by atoms with van der Waals surface area (Å²) in [6.45, 7) is 14.5. The van der Waals surface area contributed by atoms with Crippen molar-refractivity contribution in [2.45, 2.75) is 373 Å². The number of nitrogens with zero attached hydrogens (tertiary/aromatic N) is 5. The van der Waals surface area contributed by atoms with Gasteiger partial charge in [0.15, 0.2) is 0 Å². The number of carbonyl (C=O) groups is 3. The first-order valence-corrected chi connectivity index (χ1v) is 35.1. The van der Waals surface area contributed by atoms with E-state index in [1.54, 1.807) is 0 Å². The van der Waals surface area contributed by atoms with Gasteiger partial charge in [0.25, 0.3) is 0 Å². The van der Waals surface area contributed by atoms with Crippen LogP contribution in [0.4, 0.5) is 0 Å². The Balaban J connectivity index is 1.96. The molecule has 2 atom stereocenters. The number of esters is 3. The second kappa shape index (κ2) is 51.8. The van der Waals surface area contributed by atoms with E-state index in [1.807, 2.05) is 25.0 Å². The van der Waals surface area contributed by atoms with Crippen molar-refractivity contribution in [2.75, 3.05) is 40.4 Å². The Hall–Kier alpha value is -2.57. The Morgan fingerprint density at radius 2 is 0.951 bits per heavy atom. The van der Waals surface area contributed by atoms with Crippen molar-refractivity contribution < 1.29 is 33.3 Å². The molecule has 1 aromatic heterocycles. The molecule has 0 amide bonds. The molecule has 0 aliphatic carbocycles. The third-order valence-electron chi connectivity index (χ3n) is 16.9. The molecule has 0 saturated carbocycles. The van der Waals surface area contributed by atoms with Crippen molar-refractivity contribution in [1.82, 2.24) is 24.8 Å². The molecule has 81 heavy (non-hydrogen) atoms. The van der Waals surface area contributed by atoms with Gasteiger partial charge in [-0.25, -0.2) is 4.68 Å². The topological polar surface area (TPSA) is 125 Å². The number of likely N-dealkylation sites (tertiary alicyclic amines) is 1. The molecule has 0 spiro atoms. The highest BCUT2D eigenvalue weighted by Gasteiger charge is 2.39. The molecule has 2 rings (SSSR count). The van der Waals surface area contributed by atoms with Crippen LogP contribution in [0.25, 0.3) is 0 Å². The van der Waals surface area contributed by atoms with Gasteiger partial charge in [-0.2, -0.15) is 0 Å². The van der Waals surface area contributed by atoms with Gasteiger partial charge >= 0.3 is 17.9 Å². The first kappa shape index (κ1) is 74.5. The van der Waals surface area contributed by atoms with Crippen LogP contribution in [0.15, 0.2) is 6.20 Å². The van der Waals surface area contributed by atoms with Crippen LogP contribution in [0, 0.1) is 0 Å². The molecular weight excluding hydrogens is 1010 g/mol. The molecule has 12 heteroatoms. The zero-order chi connectivity index (χ0) is 58.7. The Morgan fingerprint density at radius 1 is 0.531 bits per heavy atom. The third kappa shape index (κ3) is 39.6. The van der Waals surface area contributed by atoms with E-state index in [9.17, 15) is 14.4 Å². The van der Waals surface area contributed by atoms with Gasteiger partial charge in [0.2, 0.25) is 5.79 Å². The lowest BCUT2D eigenvalue weighted by molar-refractivity contribution is -0.259. The standard InChI is InChI=1S/C69H131N5O7/c1-8-13-18-23-28-29-30-37-47-56-78-66(75)51-43-39-46-55-73-61-63(74-60-62(70-71-74)59-72(6)7)58-65(73)68(77)79-57-48-38-31-34-42-52-67(76)81-69(53-44-35-26-21-16-11-4,54-45-36-27-22-17-12-5)80-64(49-40-32-24-19-14-9-2)50-41-33-25-20-15-10-3/h60,63-65H,8-59,61H2,1-7H3/t63-,65-/m0/s1. The molecule has 1 aliphatic rings. The normalized spacial score (nSPS) is 14.9. The highest BCUT2D eigenvalue weighted by atomic mass is 16.7. The van der Waals surface area contributed by atoms with Crippen LogP contribution < -0.4 is 0 Å². The number of rotatable bonds is 59.